The van der Waals surface area contributed by atoms with Crippen molar-refractivity contribution in [3.05, 3.63) is 59.0 Å². The zero-order valence-corrected chi connectivity index (χ0v) is 20.7. The fourth-order valence-electron chi connectivity index (χ4n) is 4.13. The molecule has 0 aliphatic carbocycles. The van der Waals surface area contributed by atoms with Crippen LogP contribution in [0.5, 0.6) is 0 Å². The molecule has 0 bridgehead atoms. The lowest BCUT2D eigenvalue weighted by Gasteiger charge is -2.25. The summed E-state index contributed by atoms with van der Waals surface area (Å²) in [6, 6.07) is 15.6. The maximum atomic E-state index is 13.4. The molecule has 1 N–H and O–H groups in total. The number of piperidine rings is 1. The number of pyridine rings is 1. The number of fused-ring (bicyclic) bond motifs is 1. The minimum atomic E-state index is -0.332. The summed E-state index contributed by atoms with van der Waals surface area (Å²) in [5, 5.41) is 11.8. The van der Waals surface area contributed by atoms with Crippen molar-refractivity contribution < 1.29 is 9.21 Å². The molecule has 10 heteroatoms. The standard InChI is InChI=1S/C25H22N6O2S2/c1-15-10-11-19(34-15)23-29-30-24(33-23)28-22(32)17-14-18(16-8-4-2-5-9-16)26-21-20(17)35-25(27-21)31-12-6-3-7-13-31/h2,4-5,8-11,14H,3,6-7,12-13H2,1H3,(H,28,30,32). The molecule has 5 aromatic rings. The zero-order valence-electron chi connectivity index (χ0n) is 19.0. The Morgan fingerprint density at radius 3 is 2.60 bits per heavy atom. The van der Waals surface area contributed by atoms with Gasteiger partial charge in [0.05, 0.1) is 20.8 Å². The van der Waals surface area contributed by atoms with Gasteiger partial charge in [0.2, 0.25) is 0 Å². The molecule has 1 amide bonds. The van der Waals surface area contributed by atoms with Crippen LogP contribution in [-0.2, 0) is 0 Å². The van der Waals surface area contributed by atoms with E-state index in [-0.39, 0.29) is 11.9 Å². The molecular weight excluding hydrogens is 480 g/mol. The molecule has 6 rings (SSSR count). The summed E-state index contributed by atoms with van der Waals surface area (Å²) in [4.78, 5) is 27.4. The van der Waals surface area contributed by atoms with Crippen LogP contribution in [0.25, 0.3) is 32.4 Å². The third-order valence-corrected chi connectivity index (χ3v) is 8.01. The van der Waals surface area contributed by atoms with Crippen molar-refractivity contribution in [2.24, 2.45) is 0 Å². The average Bonchev–Trinajstić information content (AvgIpc) is 3.64. The van der Waals surface area contributed by atoms with E-state index in [9.17, 15) is 4.79 Å². The molecule has 0 unspecified atom stereocenters. The van der Waals surface area contributed by atoms with Crippen LogP contribution in [0.15, 0.2) is 52.9 Å². The molecule has 1 aromatic carbocycles. The second kappa shape index (κ2) is 9.20. The number of amides is 1. The SMILES string of the molecule is Cc1ccc(-c2nnc(NC(=O)c3cc(-c4ccccc4)nc4nc(N5CCCCC5)sc34)o2)s1. The highest BCUT2D eigenvalue weighted by molar-refractivity contribution is 7.22. The number of carbonyl (C=O) groups excluding carboxylic acids is 1. The van der Waals surface area contributed by atoms with E-state index < -0.39 is 0 Å². The Balaban J connectivity index is 1.37. The molecule has 8 nitrogen and oxygen atoms in total. The predicted molar refractivity (Wildman–Crippen MR) is 139 cm³/mol. The average molecular weight is 503 g/mol. The minimum absolute atomic E-state index is 0.0584. The van der Waals surface area contributed by atoms with Crippen molar-refractivity contribution in [1.82, 2.24) is 20.2 Å². The van der Waals surface area contributed by atoms with Gasteiger partial charge < -0.3 is 9.32 Å². The smallest absolute Gasteiger partial charge is 0.322 e. The summed E-state index contributed by atoms with van der Waals surface area (Å²) in [6.07, 6.45) is 3.53. The van der Waals surface area contributed by atoms with Crippen molar-refractivity contribution in [2.75, 3.05) is 23.3 Å². The summed E-state index contributed by atoms with van der Waals surface area (Å²) in [5.74, 6) is 0.0504. The van der Waals surface area contributed by atoms with E-state index in [1.807, 2.05) is 55.5 Å². The maximum absolute atomic E-state index is 13.4. The quantitative estimate of drug-likeness (QED) is 0.314. The summed E-state index contributed by atoms with van der Waals surface area (Å²) in [7, 11) is 0. The number of anilines is 2. The van der Waals surface area contributed by atoms with Crippen molar-refractivity contribution >= 4 is 50.1 Å². The Hall–Kier alpha value is -3.63. The summed E-state index contributed by atoms with van der Waals surface area (Å²) >= 11 is 3.06. The highest BCUT2D eigenvalue weighted by Gasteiger charge is 2.23. The molecule has 1 fully saturated rings. The largest absolute Gasteiger partial charge is 0.402 e. The van der Waals surface area contributed by atoms with Crippen LogP contribution in [0.2, 0.25) is 0 Å². The second-order valence-electron chi connectivity index (χ2n) is 8.39. The summed E-state index contributed by atoms with van der Waals surface area (Å²) < 4.78 is 6.47. The van der Waals surface area contributed by atoms with E-state index in [0.717, 1.165) is 51.1 Å². The van der Waals surface area contributed by atoms with Crippen molar-refractivity contribution in [1.29, 1.82) is 0 Å². The van der Waals surface area contributed by atoms with Gasteiger partial charge in [0.1, 0.15) is 0 Å². The number of aryl methyl sites for hydroxylation is 1. The van der Waals surface area contributed by atoms with E-state index in [1.54, 1.807) is 11.3 Å². The fourth-order valence-corrected chi connectivity index (χ4v) is 5.99. The van der Waals surface area contributed by atoms with Crippen molar-refractivity contribution in [3.63, 3.8) is 0 Å². The highest BCUT2D eigenvalue weighted by Crippen LogP contribution is 2.35. The lowest BCUT2D eigenvalue weighted by Crippen LogP contribution is -2.29. The topological polar surface area (TPSA) is 97.0 Å². The number of nitrogens with one attached hydrogen (secondary N) is 1. The lowest BCUT2D eigenvalue weighted by atomic mass is 10.1. The Bertz CT molecular complexity index is 1500. The van der Waals surface area contributed by atoms with Gasteiger partial charge in [-0.1, -0.05) is 46.8 Å². The van der Waals surface area contributed by atoms with Crippen LogP contribution in [-0.4, -0.2) is 39.2 Å². The van der Waals surface area contributed by atoms with E-state index in [2.05, 4.69) is 20.4 Å². The van der Waals surface area contributed by atoms with E-state index in [4.69, 9.17) is 14.4 Å². The number of benzene rings is 1. The van der Waals surface area contributed by atoms with Crippen LogP contribution >= 0.6 is 22.7 Å². The van der Waals surface area contributed by atoms with Gasteiger partial charge in [-0.15, -0.1) is 16.4 Å². The number of thiophene rings is 1. The molecule has 0 saturated carbocycles. The molecule has 1 saturated heterocycles. The first-order chi connectivity index (χ1) is 17.1. The number of aromatic nitrogens is 4. The molecule has 1 aliphatic heterocycles. The van der Waals surface area contributed by atoms with Gasteiger partial charge in [0.15, 0.2) is 10.8 Å². The van der Waals surface area contributed by atoms with Crippen LogP contribution in [0.1, 0.15) is 34.5 Å². The Labute approximate surface area is 209 Å². The van der Waals surface area contributed by atoms with E-state index in [1.165, 1.54) is 17.8 Å². The van der Waals surface area contributed by atoms with Gasteiger partial charge in [-0.25, -0.2) is 4.98 Å². The molecule has 0 spiro atoms. The van der Waals surface area contributed by atoms with Crippen molar-refractivity contribution in [2.45, 2.75) is 26.2 Å². The molecular formula is C25H22N6O2S2. The van der Waals surface area contributed by atoms with Crippen LogP contribution in [0, 0.1) is 6.92 Å². The first kappa shape index (κ1) is 21.9. The zero-order chi connectivity index (χ0) is 23.8. The Morgan fingerprint density at radius 2 is 1.83 bits per heavy atom. The van der Waals surface area contributed by atoms with Gasteiger partial charge >= 0.3 is 6.01 Å². The van der Waals surface area contributed by atoms with Crippen LogP contribution in [0.3, 0.4) is 0 Å². The monoisotopic (exact) mass is 502 g/mol. The second-order valence-corrected chi connectivity index (χ2v) is 10.7. The normalized spacial score (nSPS) is 13.9. The number of hydrogen-bond acceptors (Lipinski definition) is 9. The van der Waals surface area contributed by atoms with Gasteiger partial charge in [0, 0.05) is 23.5 Å². The predicted octanol–water partition coefficient (Wildman–Crippen LogP) is 6.02. The van der Waals surface area contributed by atoms with E-state index in [0.29, 0.717) is 22.8 Å². The molecule has 4 aromatic heterocycles. The van der Waals surface area contributed by atoms with E-state index >= 15 is 0 Å². The number of hydrogen-bond donors (Lipinski definition) is 1. The summed E-state index contributed by atoms with van der Waals surface area (Å²) in [5.41, 5.74) is 2.67. The lowest BCUT2D eigenvalue weighted by molar-refractivity contribution is 0.102. The Morgan fingerprint density at radius 1 is 1.00 bits per heavy atom. The first-order valence-corrected chi connectivity index (χ1v) is 13.1. The number of rotatable bonds is 5. The third kappa shape index (κ3) is 4.42. The third-order valence-electron chi connectivity index (χ3n) is 5.89. The first-order valence-electron chi connectivity index (χ1n) is 11.5. The number of thiazole rings is 1. The van der Waals surface area contributed by atoms with Crippen molar-refractivity contribution in [3.8, 4) is 22.0 Å². The highest BCUT2D eigenvalue weighted by atomic mass is 32.1. The van der Waals surface area contributed by atoms with Gasteiger partial charge in [0.25, 0.3) is 11.8 Å². The Kier molecular flexibility index (Phi) is 5.75. The van der Waals surface area contributed by atoms with Crippen LogP contribution < -0.4 is 10.2 Å². The van der Waals surface area contributed by atoms with Gasteiger partial charge in [-0.3, -0.25) is 10.1 Å². The molecule has 176 valence electrons. The fraction of sp³-hybridized carbons (Fsp3) is 0.240. The maximum Gasteiger partial charge on any atom is 0.322 e. The molecule has 0 radical (unpaired) electrons. The molecule has 35 heavy (non-hydrogen) atoms. The van der Waals surface area contributed by atoms with Crippen LogP contribution in [0.4, 0.5) is 11.1 Å². The molecule has 5 heterocycles. The summed E-state index contributed by atoms with van der Waals surface area (Å²) in [6.45, 7) is 3.96. The number of nitrogens with zero attached hydrogens (tertiary/aromatic N) is 5. The number of carbonyl (C=O) groups is 1. The van der Waals surface area contributed by atoms with Gasteiger partial charge in [-0.05, 0) is 44.4 Å². The molecule has 0 atom stereocenters. The molecule has 1 aliphatic rings. The minimum Gasteiger partial charge on any atom is -0.402 e. The van der Waals surface area contributed by atoms with Gasteiger partial charge in [-0.2, -0.15) is 4.98 Å².